The Hall–Kier alpha value is -1.13. The third-order valence-corrected chi connectivity index (χ3v) is 3.34. The lowest BCUT2D eigenvalue weighted by atomic mass is 9.91. The van der Waals surface area contributed by atoms with E-state index in [2.05, 4.69) is 36.0 Å². The molecule has 1 rings (SSSR count). The Labute approximate surface area is 132 Å². The fourth-order valence-electron chi connectivity index (χ4n) is 1.87. The highest BCUT2D eigenvalue weighted by atomic mass is 35.5. The number of nitrogens with one attached hydrogen (secondary N) is 1. The maximum atomic E-state index is 12.2. The minimum Gasteiger partial charge on any atom is -0.352 e. The van der Waals surface area contributed by atoms with Crippen molar-refractivity contribution in [2.75, 3.05) is 27.2 Å². The van der Waals surface area contributed by atoms with Gasteiger partial charge in [-0.1, -0.05) is 32.4 Å². The molecule has 0 aliphatic carbocycles. The molecule has 0 aliphatic heterocycles. The molecule has 1 heterocycles. The van der Waals surface area contributed by atoms with Gasteiger partial charge in [0.2, 0.25) is 0 Å². The summed E-state index contributed by atoms with van der Waals surface area (Å²) >= 11 is 6.02. The maximum absolute atomic E-state index is 12.2. The van der Waals surface area contributed by atoms with E-state index in [0.717, 1.165) is 25.1 Å². The molecule has 0 bridgehead atoms. The van der Waals surface area contributed by atoms with E-state index < -0.39 is 0 Å². The van der Waals surface area contributed by atoms with Crippen LogP contribution >= 0.6 is 11.6 Å². The molecule has 1 amide bonds. The maximum Gasteiger partial charge on any atom is 0.251 e. The quantitative estimate of drug-likeness (QED) is 0.648. The molecule has 0 atom stereocenters. The van der Waals surface area contributed by atoms with E-state index in [1.807, 2.05) is 20.2 Å². The molecule has 0 radical (unpaired) electrons. The lowest BCUT2D eigenvalue weighted by molar-refractivity contribution is 0.0952. The Morgan fingerprint density at radius 1 is 1.29 bits per heavy atom. The highest BCUT2D eigenvalue weighted by molar-refractivity contribution is 6.29. The molecule has 0 aliphatic rings. The number of unbranched alkanes of at least 4 members (excludes halogenated alkanes) is 1. The number of amides is 1. The summed E-state index contributed by atoms with van der Waals surface area (Å²) < 4.78 is 0. The van der Waals surface area contributed by atoms with Crippen molar-refractivity contribution in [2.24, 2.45) is 0 Å². The summed E-state index contributed by atoms with van der Waals surface area (Å²) in [4.78, 5) is 18.6. The van der Waals surface area contributed by atoms with E-state index >= 15 is 0 Å². The number of hydrogen-bond donors (Lipinski definition) is 1. The van der Waals surface area contributed by atoms with Gasteiger partial charge in [0.05, 0.1) is 0 Å². The first-order valence-electron chi connectivity index (χ1n) is 7.31. The molecule has 1 aromatic heterocycles. The van der Waals surface area contributed by atoms with Crippen molar-refractivity contribution in [2.45, 2.75) is 39.0 Å². The first-order chi connectivity index (χ1) is 9.70. The summed E-state index contributed by atoms with van der Waals surface area (Å²) in [5.41, 5.74) is 1.27. The van der Waals surface area contributed by atoms with Gasteiger partial charge in [-0.2, -0.15) is 0 Å². The second-order valence-electron chi connectivity index (χ2n) is 6.58. The standard InChI is InChI=1S/C16H26ClN3O/c1-16(2,3)13-10-12(11-14(17)19-13)15(21)18-8-6-7-9-20(4)5/h10-11H,6-9H2,1-5H3,(H,18,21). The van der Waals surface area contributed by atoms with Crippen LogP contribution in [0.2, 0.25) is 5.15 Å². The number of halogens is 1. The molecular weight excluding hydrogens is 286 g/mol. The molecule has 0 aromatic carbocycles. The lowest BCUT2D eigenvalue weighted by Crippen LogP contribution is -2.26. The number of carbonyl (C=O) groups is 1. The van der Waals surface area contributed by atoms with E-state index in [-0.39, 0.29) is 11.3 Å². The van der Waals surface area contributed by atoms with Crippen molar-refractivity contribution < 1.29 is 4.79 Å². The third kappa shape index (κ3) is 6.44. The number of rotatable bonds is 6. The zero-order valence-electron chi connectivity index (χ0n) is 13.7. The van der Waals surface area contributed by atoms with Gasteiger partial charge in [-0.05, 0) is 45.6 Å². The topological polar surface area (TPSA) is 45.2 Å². The van der Waals surface area contributed by atoms with Gasteiger partial charge in [0.1, 0.15) is 5.15 Å². The van der Waals surface area contributed by atoms with Crippen LogP contribution in [0.15, 0.2) is 12.1 Å². The van der Waals surface area contributed by atoms with Crippen LogP contribution in [-0.4, -0.2) is 43.0 Å². The van der Waals surface area contributed by atoms with Gasteiger partial charge in [-0.25, -0.2) is 4.98 Å². The predicted molar refractivity (Wildman–Crippen MR) is 88.1 cm³/mol. The molecule has 0 fully saturated rings. The average Bonchev–Trinajstić information content (AvgIpc) is 2.36. The number of carbonyl (C=O) groups excluding carboxylic acids is 1. The highest BCUT2D eigenvalue weighted by Crippen LogP contribution is 2.23. The summed E-state index contributed by atoms with van der Waals surface area (Å²) in [5.74, 6) is -0.0883. The molecule has 0 spiro atoms. The fourth-order valence-corrected chi connectivity index (χ4v) is 2.08. The second kappa shape index (κ2) is 7.76. The minimum absolute atomic E-state index is 0.0883. The summed E-state index contributed by atoms with van der Waals surface area (Å²) in [5, 5.41) is 3.30. The highest BCUT2D eigenvalue weighted by Gasteiger charge is 2.18. The van der Waals surface area contributed by atoms with Crippen LogP contribution in [0.4, 0.5) is 0 Å². The Morgan fingerprint density at radius 3 is 2.52 bits per heavy atom. The SMILES string of the molecule is CN(C)CCCCNC(=O)c1cc(Cl)nc(C(C)(C)C)c1. The van der Waals surface area contributed by atoms with Gasteiger partial charge < -0.3 is 10.2 Å². The zero-order chi connectivity index (χ0) is 16.0. The van der Waals surface area contributed by atoms with E-state index in [9.17, 15) is 4.79 Å². The Morgan fingerprint density at radius 2 is 1.95 bits per heavy atom. The second-order valence-corrected chi connectivity index (χ2v) is 6.97. The van der Waals surface area contributed by atoms with Crippen molar-refractivity contribution in [3.63, 3.8) is 0 Å². The molecule has 21 heavy (non-hydrogen) atoms. The number of hydrogen-bond acceptors (Lipinski definition) is 3. The third-order valence-electron chi connectivity index (χ3n) is 3.14. The van der Waals surface area contributed by atoms with Crippen molar-refractivity contribution in [3.05, 3.63) is 28.5 Å². The van der Waals surface area contributed by atoms with Crippen LogP contribution in [-0.2, 0) is 5.41 Å². The molecule has 0 saturated heterocycles. The minimum atomic E-state index is -0.133. The van der Waals surface area contributed by atoms with Crippen molar-refractivity contribution in [1.29, 1.82) is 0 Å². The van der Waals surface area contributed by atoms with Crippen LogP contribution in [0.5, 0.6) is 0 Å². The van der Waals surface area contributed by atoms with Crippen LogP contribution in [0.3, 0.4) is 0 Å². The van der Waals surface area contributed by atoms with Gasteiger partial charge in [0.15, 0.2) is 0 Å². The largest absolute Gasteiger partial charge is 0.352 e. The van der Waals surface area contributed by atoms with Crippen molar-refractivity contribution in [1.82, 2.24) is 15.2 Å². The molecule has 5 heteroatoms. The summed E-state index contributed by atoms with van der Waals surface area (Å²) in [6.45, 7) is 7.86. The summed E-state index contributed by atoms with van der Waals surface area (Å²) in [7, 11) is 4.09. The Bertz CT molecular complexity index is 481. The Kier molecular flexibility index (Phi) is 6.62. The van der Waals surface area contributed by atoms with Gasteiger partial charge in [0.25, 0.3) is 5.91 Å². The number of nitrogens with zero attached hydrogens (tertiary/aromatic N) is 2. The average molecular weight is 312 g/mol. The summed E-state index contributed by atoms with van der Waals surface area (Å²) in [6.07, 6.45) is 2.03. The van der Waals surface area contributed by atoms with Gasteiger partial charge in [0, 0.05) is 23.2 Å². The zero-order valence-corrected chi connectivity index (χ0v) is 14.4. The van der Waals surface area contributed by atoms with Gasteiger partial charge >= 0.3 is 0 Å². The predicted octanol–water partition coefficient (Wildman–Crippen LogP) is 3.10. The molecule has 1 aromatic rings. The van der Waals surface area contributed by atoms with E-state index in [1.54, 1.807) is 6.07 Å². The van der Waals surface area contributed by atoms with Crippen molar-refractivity contribution in [3.8, 4) is 0 Å². The normalized spacial score (nSPS) is 11.8. The van der Waals surface area contributed by atoms with Crippen LogP contribution in [0.25, 0.3) is 0 Å². The molecule has 0 saturated carbocycles. The van der Waals surface area contributed by atoms with E-state index in [1.165, 1.54) is 0 Å². The van der Waals surface area contributed by atoms with E-state index in [0.29, 0.717) is 17.3 Å². The molecular formula is C16H26ClN3O. The number of pyridine rings is 1. The monoisotopic (exact) mass is 311 g/mol. The lowest BCUT2D eigenvalue weighted by Gasteiger charge is -2.18. The first-order valence-corrected chi connectivity index (χ1v) is 7.69. The molecule has 1 N–H and O–H groups in total. The molecule has 4 nitrogen and oxygen atoms in total. The fraction of sp³-hybridized carbons (Fsp3) is 0.625. The van der Waals surface area contributed by atoms with Gasteiger partial charge in [-0.15, -0.1) is 0 Å². The van der Waals surface area contributed by atoms with Crippen LogP contribution in [0.1, 0.15) is 49.7 Å². The van der Waals surface area contributed by atoms with Crippen molar-refractivity contribution >= 4 is 17.5 Å². The summed E-state index contributed by atoms with van der Waals surface area (Å²) in [6, 6.07) is 3.44. The molecule has 118 valence electrons. The first kappa shape index (κ1) is 17.9. The molecule has 0 unspecified atom stereocenters. The Balaban J connectivity index is 2.60. The number of aromatic nitrogens is 1. The smallest absolute Gasteiger partial charge is 0.251 e. The van der Waals surface area contributed by atoms with Crippen LogP contribution in [0, 0.1) is 0 Å². The van der Waals surface area contributed by atoms with Gasteiger partial charge in [-0.3, -0.25) is 4.79 Å². The van der Waals surface area contributed by atoms with Crippen LogP contribution < -0.4 is 5.32 Å². The van der Waals surface area contributed by atoms with E-state index in [4.69, 9.17) is 11.6 Å².